The van der Waals surface area contributed by atoms with Crippen LogP contribution in [0.25, 0.3) is 22.4 Å². The summed E-state index contributed by atoms with van der Waals surface area (Å²) in [6, 6.07) is 22.0. The van der Waals surface area contributed by atoms with Gasteiger partial charge in [-0.25, -0.2) is 4.98 Å². The van der Waals surface area contributed by atoms with Crippen molar-refractivity contribution in [3.05, 3.63) is 77.9 Å². The summed E-state index contributed by atoms with van der Waals surface area (Å²) < 4.78 is 0. The predicted octanol–water partition coefficient (Wildman–Crippen LogP) is 4.79. The predicted molar refractivity (Wildman–Crippen MR) is 125 cm³/mol. The number of fused-ring (bicyclic) bond motifs is 1. The minimum Gasteiger partial charge on any atom is -0.378 e. The first-order valence-corrected chi connectivity index (χ1v) is 9.98. The molecule has 1 heterocycles. The van der Waals surface area contributed by atoms with Gasteiger partial charge >= 0.3 is 0 Å². The van der Waals surface area contributed by atoms with Gasteiger partial charge < -0.3 is 14.8 Å². The number of aromatic nitrogens is 2. The van der Waals surface area contributed by atoms with Crippen molar-refractivity contribution in [1.82, 2.24) is 9.97 Å². The lowest BCUT2D eigenvalue weighted by Crippen LogP contribution is -2.09. The molecular formula is C25H26N4O. The van der Waals surface area contributed by atoms with E-state index in [1.54, 1.807) is 0 Å². The molecule has 1 aromatic heterocycles. The van der Waals surface area contributed by atoms with Gasteiger partial charge in [-0.3, -0.25) is 4.79 Å². The molecule has 152 valence electrons. The molecule has 0 spiro atoms. The number of carbonyl (C=O) groups is 1. The van der Waals surface area contributed by atoms with E-state index in [4.69, 9.17) is 4.98 Å². The number of benzene rings is 3. The smallest absolute Gasteiger partial charge is 0.167 e. The van der Waals surface area contributed by atoms with Gasteiger partial charge in [0, 0.05) is 57.1 Å². The molecule has 5 heteroatoms. The Morgan fingerprint density at radius 3 is 2.03 bits per heavy atom. The Morgan fingerprint density at radius 1 is 0.833 bits per heavy atom. The van der Waals surface area contributed by atoms with Crippen LogP contribution < -0.4 is 9.80 Å². The number of hydrogen-bond acceptors (Lipinski definition) is 4. The van der Waals surface area contributed by atoms with Gasteiger partial charge in [-0.2, -0.15) is 0 Å². The first-order valence-electron chi connectivity index (χ1n) is 9.98. The lowest BCUT2D eigenvalue weighted by Gasteiger charge is -2.12. The van der Waals surface area contributed by atoms with E-state index in [0.29, 0.717) is 6.42 Å². The maximum atomic E-state index is 12.7. The molecule has 0 amide bonds. The summed E-state index contributed by atoms with van der Waals surface area (Å²) in [5.41, 5.74) is 6.80. The van der Waals surface area contributed by atoms with Crippen molar-refractivity contribution in [1.29, 1.82) is 0 Å². The lowest BCUT2D eigenvalue weighted by molar-refractivity contribution is 0.0993. The highest BCUT2D eigenvalue weighted by Gasteiger charge is 2.11. The monoisotopic (exact) mass is 398 g/mol. The molecule has 3 aromatic carbocycles. The third kappa shape index (κ3) is 4.06. The van der Waals surface area contributed by atoms with Crippen molar-refractivity contribution in [3.8, 4) is 11.4 Å². The van der Waals surface area contributed by atoms with Crippen LogP contribution in [0.15, 0.2) is 66.7 Å². The Bertz CT molecular complexity index is 1170. The highest BCUT2D eigenvalue weighted by atomic mass is 16.1. The van der Waals surface area contributed by atoms with Gasteiger partial charge in [0.15, 0.2) is 5.78 Å². The number of imidazole rings is 1. The molecule has 30 heavy (non-hydrogen) atoms. The van der Waals surface area contributed by atoms with Crippen LogP contribution in [-0.4, -0.2) is 43.9 Å². The Hall–Kier alpha value is -3.60. The number of anilines is 2. The fraction of sp³-hybridized carbons (Fsp3) is 0.200. The normalized spacial score (nSPS) is 10.9. The van der Waals surface area contributed by atoms with Crippen molar-refractivity contribution in [2.45, 2.75) is 6.42 Å². The molecule has 0 aliphatic rings. The number of Topliss-reactive ketones (excluding diaryl/α,β-unsaturated/α-hetero) is 1. The second-order valence-corrected chi connectivity index (χ2v) is 7.92. The third-order valence-corrected chi connectivity index (χ3v) is 5.27. The number of rotatable bonds is 6. The van der Waals surface area contributed by atoms with Crippen LogP contribution in [0, 0.1) is 0 Å². The quantitative estimate of drug-likeness (QED) is 0.475. The summed E-state index contributed by atoms with van der Waals surface area (Å²) in [7, 11) is 8.02. The highest BCUT2D eigenvalue weighted by molar-refractivity contribution is 5.98. The maximum absolute atomic E-state index is 12.7. The molecule has 0 bridgehead atoms. The number of hydrogen-bond donors (Lipinski definition) is 1. The van der Waals surface area contributed by atoms with E-state index in [-0.39, 0.29) is 5.78 Å². The summed E-state index contributed by atoms with van der Waals surface area (Å²) in [5, 5.41) is 0. The molecule has 0 saturated heterocycles. The number of nitrogens with one attached hydrogen (secondary N) is 1. The number of ketones is 1. The zero-order valence-electron chi connectivity index (χ0n) is 17.8. The molecule has 5 nitrogen and oxygen atoms in total. The van der Waals surface area contributed by atoms with Crippen molar-refractivity contribution < 1.29 is 4.79 Å². The number of aromatic amines is 1. The molecule has 0 aliphatic carbocycles. The average Bonchev–Trinajstić information content (AvgIpc) is 3.17. The molecular weight excluding hydrogens is 372 g/mol. The zero-order chi connectivity index (χ0) is 21.3. The number of nitrogens with zero attached hydrogens (tertiary/aromatic N) is 3. The zero-order valence-corrected chi connectivity index (χ0v) is 17.8. The molecule has 0 aliphatic heterocycles. The van der Waals surface area contributed by atoms with Crippen LogP contribution in [0.4, 0.5) is 11.4 Å². The van der Waals surface area contributed by atoms with Gasteiger partial charge in [-0.15, -0.1) is 0 Å². The van der Waals surface area contributed by atoms with Gasteiger partial charge in [-0.05, 0) is 66.2 Å². The molecule has 4 rings (SSSR count). The largest absolute Gasteiger partial charge is 0.378 e. The van der Waals surface area contributed by atoms with E-state index in [9.17, 15) is 4.79 Å². The summed E-state index contributed by atoms with van der Waals surface area (Å²) in [4.78, 5) is 24.9. The van der Waals surface area contributed by atoms with Gasteiger partial charge in [0.2, 0.25) is 0 Å². The second-order valence-electron chi connectivity index (χ2n) is 7.92. The van der Waals surface area contributed by atoms with Crippen LogP contribution in [0.2, 0.25) is 0 Å². The van der Waals surface area contributed by atoms with Crippen LogP contribution in [0.1, 0.15) is 15.9 Å². The van der Waals surface area contributed by atoms with Crippen molar-refractivity contribution in [3.63, 3.8) is 0 Å². The van der Waals surface area contributed by atoms with E-state index < -0.39 is 0 Å². The Labute approximate surface area is 177 Å². The van der Waals surface area contributed by atoms with Crippen molar-refractivity contribution in [2.24, 2.45) is 0 Å². The van der Waals surface area contributed by atoms with Crippen LogP contribution in [-0.2, 0) is 6.42 Å². The molecule has 0 unspecified atom stereocenters. The minimum absolute atomic E-state index is 0.110. The Kier molecular flexibility index (Phi) is 5.27. The fourth-order valence-electron chi connectivity index (χ4n) is 3.45. The van der Waals surface area contributed by atoms with Crippen molar-refractivity contribution in [2.75, 3.05) is 38.0 Å². The first-order chi connectivity index (χ1) is 14.4. The molecule has 0 radical (unpaired) electrons. The average molecular weight is 399 g/mol. The molecule has 0 atom stereocenters. The van der Waals surface area contributed by atoms with Crippen LogP contribution in [0.5, 0.6) is 0 Å². The van der Waals surface area contributed by atoms with E-state index in [1.165, 1.54) is 0 Å². The standard InChI is InChI=1S/C25H26N4O/c1-28(2)20-10-6-18(7-11-20)24(30)16-17-5-14-22-23(15-17)27-25(26-22)19-8-12-21(13-9-19)29(3)4/h5-15H,16H2,1-4H3,(H,26,27). The summed E-state index contributed by atoms with van der Waals surface area (Å²) in [6.07, 6.45) is 0.364. The summed E-state index contributed by atoms with van der Waals surface area (Å²) in [6.45, 7) is 0. The maximum Gasteiger partial charge on any atom is 0.167 e. The molecule has 1 N–H and O–H groups in total. The number of carbonyl (C=O) groups excluding carboxylic acids is 1. The van der Waals surface area contributed by atoms with Gasteiger partial charge in [0.05, 0.1) is 11.0 Å². The van der Waals surface area contributed by atoms with Crippen LogP contribution >= 0.6 is 0 Å². The Morgan fingerprint density at radius 2 is 1.43 bits per heavy atom. The molecule has 0 fully saturated rings. The lowest BCUT2D eigenvalue weighted by atomic mass is 10.0. The molecule has 0 saturated carbocycles. The van der Waals surface area contributed by atoms with E-state index >= 15 is 0 Å². The van der Waals surface area contributed by atoms with Gasteiger partial charge in [0.1, 0.15) is 5.82 Å². The third-order valence-electron chi connectivity index (χ3n) is 5.27. The fourth-order valence-corrected chi connectivity index (χ4v) is 3.45. The highest BCUT2D eigenvalue weighted by Crippen LogP contribution is 2.24. The van der Waals surface area contributed by atoms with Crippen LogP contribution in [0.3, 0.4) is 0 Å². The van der Waals surface area contributed by atoms with Gasteiger partial charge in [0.25, 0.3) is 0 Å². The first kappa shape index (κ1) is 19.7. The van der Waals surface area contributed by atoms with E-state index in [2.05, 4.69) is 34.1 Å². The summed E-state index contributed by atoms with van der Waals surface area (Å²) >= 11 is 0. The topological polar surface area (TPSA) is 52.2 Å². The van der Waals surface area contributed by atoms with E-state index in [0.717, 1.165) is 44.9 Å². The molecule has 4 aromatic rings. The SMILES string of the molecule is CN(C)c1ccc(C(=O)Cc2ccc3nc(-c4ccc(N(C)C)cc4)[nH]c3c2)cc1. The second kappa shape index (κ2) is 8.03. The summed E-state index contributed by atoms with van der Waals surface area (Å²) in [5.74, 6) is 0.941. The van der Waals surface area contributed by atoms with Crippen molar-refractivity contribution >= 4 is 28.2 Å². The number of H-pyrrole nitrogens is 1. The van der Waals surface area contributed by atoms with E-state index in [1.807, 2.05) is 75.6 Å². The Balaban J connectivity index is 1.54. The van der Waals surface area contributed by atoms with Gasteiger partial charge in [-0.1, -0.05) is 6.07 Å². The minimum atomic E-state index is 0.110.